The van der Waals surface area contributed by atoms with Crippen molar-refractivity contribution in [3.05, 3.63) is 36.9 Å². The third-order valence-electron chi connectivity index (χ3n) is 2.12. The Morgan fingerprint density at radius 3 is 2.75 bits per heavy atom. The van der Waals surface area contributed by atoms with E-state index in [9.17, 15) is 0 Å². The van der Waals surface area contributed by atoms with Crippen LogP contribution in [0.25, 0.3) is 0 Å². The fourth-order valence-corrected chi connectivity index (χ4v) is 1.69. The van der Waals surface area contributed by atoms with Gasteiger partial charge in [-0.2, -0.15) is 5.10 Å². The van der Waals surface area contributed by atoms with Crippen LogP contribution in [0.5, 0.6) is 5.75 Å². The number of rotatable bonds is 5. The topological polar surface area (TPSA) is 39.9 Å². The predicted molar refractivity (Wildman–Crippen MR) is 63.7 cm³/mol. The van der Waals surface area contributed by atoms with Crippen LogP contribution < -0.4 is 4.74 Å². The SMILES string of the molecule is CSc1ccc(OCCn2cncn2)cc1. The minimum atomic E-state index is 0.599. The Labute approximate surface area is 98.6 Å². The minimum absolute atomic E-state index is 0.599. The lowest BCUT2D eigenvalue weighted by Crippen LogP contribution is -2.08. The molecule has 84 valence electrons. The molecule has 0 saturated carbocycles. The molecule has 0 saturated heterocycles. The highest BCUT2D eigenvalue weighted by Crippen LogP contribution is 2.18. The van der Waals surface area contributed by atoms with Gasteiger partial charge in [-0.05, 0) is 30.5 Å². The maximum atomic E-state index is 5.58. The molecule has 2 rings (SSSR count). The molecule has 0 unspecified atom stereocenters. The zero-order valence-electron chi connectivity index (χ0n) is 9.04. The lowest BCUT2D eigenvalue weighted by atomic mass is 10.3. The molecule has 0 fully saturated rings. The summed E-state index contributed by atoms with van der Waals surface area (Å²) in [6.07, 6.45) is 5.26. The monoisotopic (exact) mass is 235 g/mol. The van der Waals surface area contributed by atoms with Gasteiger partial charge in [-0.1, -0.05) is 0 Å². The van der Waals surface area contributed by atoms with Gasteiger partial charge < -0.3 is 4.74 Å². The number of benzene rings is 1. The van der Waals surface area contributed by atoms with Crippen LogP contribution in [-0.4, -0.2) is 27.6 Å². The van der Waals surface area contributed by atoms with E-state index in [0.29, 0.717) is 13.2 Å². The van der Waals surface area contributed by atoms with E-state index in [4.69, 9.17) is 4.74 Å². The molecule has 1 aromatic heterocycles. The lowest BCUT2D eigenvalue weighted by Gasteiger charge is -2.06. The number of aromatic nitrogens is 3. The quantitative estimate of drug-likeness (QED) is 0.744. The van der Waals surface area contributed by atoms with Crippen molar-refractivity contribution in [3.63, 3.8) is 0 Å². The number of ether oxygens (including phenoxy) is 1. The maximum absolute atomic E-state index is 5.58. The second kappa shape index (κ2) is 5.55. The van der Waals surface area contributed by atoms with Gasteiger partial charge in [0, 0.05) is 4.90 Å². The maximum Gasteiger partial charge on any atom is 0.137 e. The van der Waals surface area contributed by atoms with E-state index in [1.807, 2.05) is 12.1 Å². The highest BCUT2D eigenvalue weighted by molar-refractivity contribution is 7.98. The fourth-order valence-electron chi connectivity index (χ4n) is 1.28. The van der Waals surface area contributed by atoms with Gasteiger partial charge in [-0.25, -0.2) is 9.67 Å². The molecule has 1 heterocycles. The Morgan fingerprint density at radius 2 is 2.12 bits per heavy atom. The van der Waals surface area contributed by atoms with Crippen molar-refractivity contribution in [2.45, 2.75) is 11.4 Å². The van der Waals surface area contributed by atoms with Crippen LogP contribution in [0.3, 0.4) is 0 Å². The number of hydrogen-bond donors (Lipinski definition) is 0. The second-order valence-corrected chi connectivity index (χ2v) is 4.06. The van der Waals surface area contributed by atoms with Crippen LogP contribution in [0.4, 0.5) is 0 Å². The summed E-state index contributed by atoms with van der Waals surface area (Å²) in [6, 6.07) is 8.06. The van der Waals surface area contributed by atoms with Gasteiger partial charge in [-0.15, -0.1) is 11.8 Å². The van der Waals surface area contributed by atoms with Gasteiger partial charge in [0.15, 0.2) is 0 Å². The smallest absolute Gasteiger partial charge is 0.137 e. The predicted octanol–water partition coefficient (Wildman–Crippen LogP) is 2.08. The molecule has 0 aliphatic carbocycles. The van der Waals surface area contributed by atoms with Crippen LogP contribution in [0, 0.1) is 0 Å². The summed E-state index contributed by atoms with van der Waals surface area (Å²) in [5.74, 6) is 0.887. The Kier molecular flexibility index (Phi) is 3.82. The van der Waals surface area contributed by atoms with E-state index in [-0.39, 0.29) is 0 Å². The first-order valence-corrected chi connectivity index (χ1v) is 6.20. The molecule has 0 N–H and O–H groups in total. The van der Waals surface area contributed by atoms with Crippen molar-refractivity contribution in [1.82, 2.24) is 14.8 Å². The third-order valence-corrected chi connectivity index (χ3v) is 2.86. The lowest BCUT2D eigenvalue weighted by molar-refractivity contribution is 0.291. The molecule has 16 heavy (non-hydrogen) atoms. The molecular weight excluding hydrogens is 222 g/mol. The summed E-state index contributed by atoms with van der Waals surface area (Å²) in [6.45, 7) is 1.31. The first-order chi connectivity index (χ1) is 7.88. The molecule has 0 radical (unpaired) electrons. The molecule has 0 aliphatic rings. The van der Waals surface area contributed by atoms with Crippen molar-refractivity contribution in [1.29, 1.82) is 0 Å². The number of nitrogens with zero attached hydrogens (tertiary/aromatic N) is 3. The van der Waals surface area contributed by atoms with E-state index >= 15 is 0 Å². The molecule has 0 aliphatic heterocycles. The number of hydrogen-bond acceptors (Lipinski definition) is 4. The normalized spacial score (nSPS) is 10.3. The van der Waals surface area contributed by atoms with E-state index in [1.54, 1.807) is 22.8 Å². The van der Waals surface area contributed by atoms with Crippen molar-refractivity contribution < 1.29 is 4.74 Å². The first kappa shape index (κ1) is 11.0. The summed E-state index contributed by atoms with van der Waals surface area (Å²) in [5.41, 5.74) is 0. The Hall–Kier alpha value is -1.49. The average molecular weight is 235 g/mol. The van der Waals surface area contributed by atoms with Crippen LogP contribution in [0.2, 0.25) is 0 Å². The first-order valence-electron chi connectivity index (χ1n) is 4.98. The van der Waals surface area contributed by atoms with Crippen molar-refractivity contribution in [2.75, 3.05) is 12.9 Å². The van der Waals surface area contributed by atoms with Crippen molar-refractivity contribution in [2.24, 2.45) is 0 Å². The molecular formula is C11H13N3OS. The summed E-state index contributed by atoms with van der Waals surface area (Å²) in [4.78, 5) is 5.10. The summed E-state index contributed by atoms with van der Waals surface area (Å²) in [7, 11) is 0. The third kappa shape index (κ3) is 3.00. The molecule has 0 bridgehead atoms. The van der Waals surface area contributed by atoms with Gasteiger partial charge >= 0.3 is 0 Å². The highest BCUT2D eigenvalue weighted by atomic mass is 32.2. The van der Waals surface area contributed by atoms with Gasteiger partial charge in [0.25, 0.3) is 0 Å². The van der Waals surface area contributed by atoms with Crippen LogP contribution in [-0.2, 0) is 6.54 Å². The summed E-state index contributed by atoms with van der Waals surface area (Å²) < 4.78 is 7.33. The standard InChI is InChI=1S/C11H13N3OS/c1-16-11-4-2-10(3-5-11)15-7-6-14-9-12-8-13-14/h2-5,8-9H,6-7H2,1H3. The van der Waals surface area contributed by atoms with Crippen molar-refractivity contribution >= 4 is 11.8 Å². The molecule has 5 heteroatoms. The Bertz CT molecular complexity index is 413. The van der Waals surface area contributed by atoms with Crippen LogP contribution in [0.15, 0.2) is 41.8 Å². The van der Waals surface area contributed by atoms with E-state index in [0.717, 1.165) is 5.75 Å². The molecule has 0 spiro atoms. The van der Waals surface area contributed by atoms with Crippen LogP contribution in [0.1, 0.15) is 0 Å². The Morgan fingerprint density at radius 1 is 1.31 bits per heavy atom. The molecule has 4 nitrogen and oxygen atoms in total. The number of thioether (sulfide) groups is 1. The van der Waals surface area contributed by atoms with E-state index in [2.05, 4.69) is 28.5 Å². The molecule has 0 amide bonds. The molecule has 0 atom stereocenters. The summed E-state index contributed by atoms with van der Waals surface area (Å²) >= 11 is 1.72. The van der Waals surface area contributed by atoms with E-state index < -0.39 is 0 Å². The van der Waals surface area contributed by atoms with Gasteiger partial charge in [0.05, 0.1) is 6.54 Å². The highest BCUT2D eigenvalue weighted by Gasteiger charge is 1.95. The Balaban J connectivity index is 1.81. The zero-order chi connectivity index (χ0) is 11.2. The average Bonchev–Trinajstić information content (AvgIpc) is 2.83. The molecule has 1 aromatic carbocycles. The largest absolute Gasteiger partial charge is 0.492 e. The summed E-state index contributed by atoms with van der Waals surface area (Å²) in [5, 5.41) is 4.00. The van der Waals surface area contributed by atoms with Gasteiger partial charge in [0.1, 0.15) is 25.0 Å². The minimum Gasteiger partial charge on any atom is -0.492 e. The van der Waals surface area contributed by atoms with Crippen molar-refractivity contribution in [3.8, 4) is 5.75 Å². The molecule has 2 aromatic rings. The van der Waals surface area contributed by atoms with E-state index in [1.165, 1.54) is 11.2 Å². The fraction of sp³-hybridized carbons (Fsp3) is 0.273. The van der Waals surface area contributed by atoms with Crippen LogP contribution >= 0.6 is 11.8 Å². The second-order valence-electron chi connectivity index (χ2n) is 3.18. The van der Waals surface area contributed by atoms with Gasteiger partial charge in [0.2, 0.25) is 0 Å². The van der Waals surface area contributed by atoms with Gasteiger partial charge in [-0.3, -0.25) is 0 Å². The zero-order valence-corrected chi connectivity index (χ0v) is 9.85.